The second-order valence-electron chi connectivity index (χ2n) is 10.0. The maximum atomic E-state index is 12.8. The van der Waals surface area contributed by atoms with Crippen LogP contribution in [0.3, 0.4) is 0 Å². The molecule has 0 heterocycles. The summed E-state index contributed by atoms with van der Waals surface area (Å²) in [5, 5.41) is 15.1. The van der Waals surface area contributed by atoms with Crippen molar-refractivity contribution in [3.63, 3.8) is 0 Å². The van der Waals surface area contributed by atoms with Crippen LogP contribution in [-0.2, 0) is 25.7 Å². The summed E-state index contributed by atoms with van der Waals surface area (Å²) in [4.78, 5) is 37.5. The molecule has 8 nitrogen and oxygen atoms in total. The molecule has 3 aromatic rings. The van der Waals surface area contributed by atoms with E-state index in [0.29, 0.717) is 6.42 Å². The SMILES string of the molecule is CCC[C@@H](CC(=O)N[C@H](C(=O)O)[C@@H](C)OCc1ccccc1)NC(=O)OCC1c2ccccc2-c2ccccc21. The van der Waals surface area contributed by atoms with Crippen LogP contribution in [0.25, 0.3) is 11.1 Å². The van der Waals surface area contributed by atoms with Gasteiger partial charge >= 0.3 is 12.1 Å². The molecule has 3 N–H and O–H groups in total. The zero-order chi connectivity index (χ0) is 28.5. The summed E-state index contributed by atoms with van der Waals surface area (Å²) in [5.41, 5.74) is 5.42. The van der Waals surface area contributed by atoms with Crippen molar-refractivity contribution < 1.29 is 29.0 Å². The van der Waals surface area contributed by atoms with E-state index in [2.05, 4.69) is 34.9 Å². The van der Waals surface area contributed by atoms with E-state index in [0.717, 1.165) is 34.2 Å². The lowest BCUT2D eigenvalue weighted by molar-refractivity contribution is -0.146. The van der Waals surface area contributed by atoms with Gasteiger partial charge in [-0.1, -0.05) is 92.2 Å². The molecule has 1 aliphatic rings. The van der Waals surface area contributed by atoms with Gasteiger partial charge in [0.15, 0.2) is 6.04 Å². The van der Waals surface area contributed by atoms with Crippen molar-refractivity contribution in [3.05, 3.63) is 95.6 Å². The maximum Gasteiger partial charge on any atom is 0.407 e. The monoisotopic (exact) mass is 544 g/mol. The van der Waals surface area contributed by atoms with Crippen molar-refractivity contribution in [2.24, 2.45) is 0 Å². The first-order valence-corrected chi connectivity index (χ1v) is 13.7. The number of benzene rings is 3. The number of amides is 2. The van der Waals surface area contributed by atoms with Gasteiger partial charge in [0.05, 0.1) is 12.7 Å². The topological polar surface area (TPSA) is 114 Å². The molecule has 0 aliphatic heterocycles. The van der Waals surface area contributed by atoms with Gasteiger partial charge in [-0.25, -0.2) is 9.59 Å². The minimum atomic E-state index is -1.23. The van der Waals surface area contributed by atoms with Crippen LogP contribution in [0, 0.1) is 0 Å². The Labute approximate surface area is 234 Å². The van der Waals surface area contributed by atoms with Gasteiger partial charge in [-0.15, -0.1) is 0 Å². The molecule has 1 aliphatic carbocycles. The average molecular weight is 545 g/mol. The van der Waals surface area contributed by atoms with Gasteiger partial charge in [0.2, 0.25) is 5.91 Å². The van der Waals surface area contributed by atoms with Crippen LogP contribution >= 0.6 is 0 Å². The summed E-state index contributed by atoms with van der Waals surface area (Å²) in [7, 11) is 0. The molecule has 0 aromatic heterocycles. The van der Waals surface area contributed by atoms with E-state index in [1.165, 1.54) is 0 Å². The fourth-order valence-electron chi connectivity index (χ4n) is 5.11. The predicted molar refractivity (Wildman–Crippen MR) is 152 cm³/mol. The molecule has 0 unspecified atom stereocenters. The lowest BCUT2D eigenvalue weighted by atomic mass is 9.98. The van der Waals surface area contributed by atoms with E-state index in [-0.39, 0.29) is 25.6 Å². The minimum Gasteiger partial charge on any atom is -0.480 e. The molecule has 0 bridgehead atoms. The summed E-state index contributed by atoms with van der Waals surface area (Å²) in [5.74, 6) is -1.75. The summed E-state index contributed by atoms with van der Waals surface area (Å²) in [6, 6.07) is 23.9. The van der Waals surface area contributed by atoms with Crippen LogP contribution in [0.1, 0.15) is 55.7 Å². The number of carbonyl (C=O) groups excluding carboxylic acids is 2. The highest BCUT2D eigenvalue weighted by atomic mass is 16.5. The van der Waals surface area contributed by atoms with Crippen molar-refractivity contribution in [2.75, 3.05) is 6.61 Å². The number of hydrogen-bond acceptors (Lipinski definition) is 5. The molecule has 3 aromatic carbocycles. The Morgan fingerprint density at radius 3 is 2.08 bits per heavy atom. The molecule has 0 saturated heterocycles. The molecule has 0 spiro atoms. The Morgan fingerprint density at radius 1 is 0.875 bits per heavy atom. The van der Waals surface area contributed by atoms with Crippen LogP contribution in [0.2, 0.25) is 0 Å². The molecule has 4 rings (SSSR count). The van der Waals surface area contributed by atoms with Crippen LogP contribution in [0.4, 0.5) is 4.79 Å². The molecule has 0 fully saturated rings. The highest BCUT2D eigenvalue weighted by Crippen LogP contribution is 2.44. The van der Waals surface area contributed by atoms with E-state index in [4.69, 9.17) is 9.47 Å². The minimum absolute atomic E-state index is 0.0697. The second kappa shape index (κ2) is 13.8. The third-order valence-electron chi connectivity index (χ3n) is 7.14. The second-order valence-corrected chi connectivity index (χ2v) is 10.0. The number of alkyl carbamates (subject to hydrolysis) is 1. The lowest BCUT2D eigenvalue weighted by Crippen LogP contribution is -2.50. The van der Waals surface area contributed by atoms with Crippen LogP contribution in [0.5, 0.6) is 0 Å². The van der Waals surface area contributed by atoms with Gasteiger partial charge in [0, 0.05) is 18.4 Å². The highest BCUT2D eigenvalue weighted by molar-refractivity contribution is 5.84. The van der Waals surface area contributed by atoms with Gasteiger partial charge in [-0.2, -0.15) is 0 Å². The van der Waals surface area contributed by atoms with Gasteiger partial charge in [0.25, 0.3) is 0 Å². The molecule has 8 heteroatoms. The maximum absolute atomic E-state index is 12.8. The molecular weight excluding hydrogens is 508 g/mol. The molecule has 210 valence electrons. The van der Waals surface area contributed by atoms with E-state index in [9.17, 15) is 19.5 Å². The van der Waals surface area contributed by atoms with Gasteiger partial charge in [-0.05, 0) is 41.2 Å². The zero-order valence-corrected chi connectivity index (χ0v) is 22.8. The number of ether oxygens (including phenoxy) is 2. The fraction of sp³-hybridized carbons (Fsp3) is 0.344. The quantitative estimate of drug-likeness (QED) is 0.271. The number of rotatable bonds is 13. The van der Waals surface area contributed by atoms with Crippen molar-refractivity contribution in [1.29, 1.82) is 0 Å². The van der Waals surface area contributed by atoms with Gasteiger partial charge in [0.1, 0.15) is 6.61 Å². The standard InChI is InChI=1S/C32H36N2O6/c1-3-11-23(18-29(35)34-30(31(36)37)21(2)39-19-22-12-5-4-6-13-22)33-32(38)40-20-28-26-16-9-7-14-24(26)25-15-8-10-17-27(25)28/h4-10,12-17,21,23,28,30H,3,11,18-20H2,1-2H3,(H,33,38)(H,34,35)(H,36,37)/t21-,23+,30+/m1/s1. The number of carbonyl (C=O) groups is 3. The zero-order valence-electron chi connectivity index (χ0n) is 22.8. The highest BCUT2D eigenvalue weighted by Gasteiger charge is 2.30. The van der Waals surface area contributed by atoms with Crippen LogP contribution in [-0.4, -0.2) is 47.9 Å². The molecule has 40 heavy (non-hydrogen) atoms. The van der Waals surface area contributed by atoms with E-state index < -0.39 is 36.2 Å². The smallest absolute Gasteiger partial charge is 0.407 e. The largest absolute Gasteiger partial charge is 0.480 e. The molecule has 2 amide bonds. The van der Waals surface area contributed by atoms with E-state index in [1.54, 1.807) is 6.92 Å². The predicted octanol–water partition coefficient (Wildman–Crippen LogP) is 5.26. The van der Waals surface area contributed by atoms with Crippen molar-refractivity contribution in [3.8, 4) is 11.1 Å². The number of nitrogens with one attached hydrogen (secondary N) is 2. The average Bonchev–Trinajstić information content (AvgIpc) is 3.27. The molecule has 0 radical (unpaired) electrons. The van der Waals surface area contributed by atoms with Gasteiger partial charge < -0.3 is 25.2 Å². The Morgan fingerprint density at radius 2 is 1.48 bits per heavy atom. The van der Waals surface area contributed by atoms with Crippen molar-refractivity contribution in [2.45, 2.75) is 63.8 Å². The fourth-order valence-corrected chi connectivity index (χ4v) is 5.11. The van der Waals surface area contributed by atoms with Crippen LogP contribution < -0.4 is 10.6 Å². The van der Waals surface area contributed by atoms with Gasteiger partial charge in [-0.3, -0.25) is 4.79 Å². The van der Waals surface area contributed by atoms with E-state index in [1.807, 2.05) is 61.5 Å². The summed E-state index contributed by atoms with van der Waals surface area (Å²) in [6.07, 6.45) is -0.188. The number of carboxylic acid groups (broad SMARTS) is 1. The van der Waals surface area contributed by atoms with Crippen molar-refractivity contribution >= 4 is 18.0 Å². The third-order valence-corrected chi connectivity index (χ3v) is 7.14. The molecule has 0 saturated carbocycles. The molecular formula is C32H36N2O6. The summed E-state index contributed by atoms with van der Waals surface area (Å²) >= 11 is 0. The van der Waals surface area contributed by atoms with E-state index >= 15 is 0 Å². The first-order chi connectivity index (χ1) is 19.4. The lowest BCUT2D eigenvalue weighted by Gasteiger charge is -2.24. The Bertz CT molecular complexity index is 1270. The van der Waals surface area contributed by atoms with Crippen LogP contribution in [0.15, 0.2) is 78.9 Å². The summed E-state index contributed by atoms with van der Waals surface area (Å²) in [6.45, 7) is 3.95. The Kier molecular flexibility index (Phi) is 9.91. The Hall–Kier alpha value is -4.17. The molecule has 3 atom stereocenters. The third kappa shape index (κ3) is 7.27. The number of aliphatic carboxylic acids is 1. The number of fused-ring (bicyclic) bond motifs is 3. The Balaban J connectivity index is 1.31. The number of hydrogen-bond donors (Lipinski definition) is 3. The first kappa shape index (κ1) is 28.8. The first-order valence-electron chi connectivity index (χ1n) is 13.7. The summed E-state index contributed by atoms with van der Waals surface area (Å²) < 4.78 is 11.3. The normalized spacial score (nSPS) is 14.3. The number of carboxylic acids is 1. The van der Waals surface area contributed by atoms with Crippen molar-refractivity contribution in [1.82, 2.24) is 10.6 Å².